The van der Waals surface area contributed by atoms with E-state index in [1.807, 2.05) is 18.2 Å². The highest BCUT2D eigenvalue weighted by Crippen LogP contribution is 2.50. The largest absolute Gasteiger partial charge is 0.452 e. The maximum atomic E-state index is 6.60. The first kappa shape index (κ1) is 34.6. The van der Waals surface area contributed by atoms with Gasteiger partial charge in [0.25, 0.3) is 0 Å². The van der Waals surface area contributed by atoms with Crippen LogP contribution < -0.4 is 0 Å². The average molecular weight is 787 g/mol. The van der Waals surface area contributed by atoms with E-state index >= 15 is 0 Å². The Hall–Kier alpha value is -7.24. The second kappa shape index (κ2) is 12.2. The number of hydrogen-bond acceptors (Lipinski definition) is 3. The summed E-state index contributed by atoms with van der Waals surface area (Å²) in [5.41, 5.74) is 12.8. The Kier molecular flexibility index (Phi) is 6.91. The molecule has 8 aromatic carbocycles. The summed E-state index contributed by atoms with van der Waals surface area (Å²) < 4.78 is 11.4. The highest BCUT2D eigenvalue weighted by atomic mass is 16.3. The Morgan fingerprint density at radius 3 is 1.77 bits per heavy atom. The van der Waals surface area contributed by atoms with E-state index in [2.05, 4.69) is 176 Å². The molecule has 5 heteroatoms. The second-order valence-corrected chi connectivity index (χ2v) is 18.4. The molecule has 0 unspecified atom stereocenters. The van der Waals surface area contributed by atoms with Crippen LogP contribution in [0.1, 0.15) is 51.7 Å². The summed E-state index contributed by atoms with van der Waals surface area (Å²) in [5, 5.41) is 10.7. The summed E-state index contributed by atoms with van der Waals surface area (Å²) in [6, 6.07) is 57.1. The van der Waals surface area contributed by atoms with Gasteiger partial charge >= 0.3 is 0 Å². The number of benzene rings is 8. The lowest BCUT2D eigenvalue weighted by Gasteiger charge is -2.42. The molecule has 0 saturated carbocycles. The van der Waals surface area contributed by atoms with Crippen molar-refractivity contribution in [2.75, 3.05) is 0 Å². The van der Waals surface area contributed by atoms with E-state index in [9.17, 15) is 0 Å². The van der Waals surface area contributed by atoms with Crippen LogP contribution in [0.25, 0.3) is 110 Å². The van der Waals surface area contributed by atoms with Crippen molar-refractivity contribution in [3.63, 3.8) is 0 Å². The monoisotopic (exact) mass is 786 g/mol. The maximum absolute atomic E-state index is 6.60. The fraction of sp³-hybridized carbons (Fsp3) is 0.143. The second-order valence-electron chi connectivity index (χ2n) is 18.4. The molecular weight excluding hydrogens is 745 g/mol. The first-order valence-electron chi connectivity index (χ1n) is 21.5. The molecule has 4 aromatic heterocycles. The smallest absolute Gasteiger partial charge is 0.236 e. The Balaban J connectivity index is 1.27. The van der Waals surface area contributed by atoms with Crippen molar-refractivity contribution in [2.24, 2.45) is 0 Å². The molecule has 0 radical (unpaired) electrons. The van der Waals surface area contributed by atoms with Gasteiger partial charge in [0, 0.05) is 43.6 Å². The molecule has 5 nitrogen and oxygen atoms in total. The van der Waals surface area contributed by atoms with E-state index in [-0.39, 0.29) is 10.8 Å². The van der Waals surface area contributed by atoms with Crippen molar-refractivity contribution in [1.29, 1.82) is 0 Å². The van der Waals surface area contributed by atoms with Crippen LogP contribution >= 0.6 is 0 Å². The molecule has 292 valence electrons. The molecule has 61 heavy (non-hydrogen) atoms. The fourth-order valence-electron chi connectivity index (χ4n) is 10.8. The van der Waals surface area contributed by atoms with E-state index in [0.29, 0.717) is 11.5 Å². The Labute approximate surface area is 352 Å². The zero-order valence-electron chi connectivity index (χ0n) is 34.6. The van der Waals surface area contributed by atoms with Crippen LogP contribution in [0.4, 0.5) is 0 Å². The lowest BCUT2D eigenvalue weighted by Crippen LogP contribution is -2.33. The van der Waals surface area contributed by atoms with Crippen molar-refractivity contribution in [2.45, 2.75) is 51.4 Å². The number of rotatable bonds is 3. The van der Waals surface area contributed by atoms with Crippen molar-refractivity contribution in [1.82, 2.24) is 19.1 Å². The minimum Gasteiger partial charge on any atom is -0.452 e. The van der Waals surface area contributed by atoms with Gasteiger partial charge in [0.2, 0.25) is 5.95 Å². The van der Waals surface area contributed by atoms with Gasteiger partial charge in [-0.2, -0.15) is 0 Å². The van der Waals surface area contributed by atoms with E-state index in [1.54, 1.807) is 0 Å². The number of nitrogens with zero attached hydrogens (tertiary/aromatic N) is 4. The molecular formula is C56H42N4O. The van der Waals surface area contributed by atoms with Gasteiger partial charge in [-0.15, -0.1) is 0 Å². The Morgan fingerprint density at radius 2 is 1.03 bits per heavy atom. The van der Waals surface area contributed by atoms with Gasteiger partial charge in [0.1, 0.15) is 16.8 Å². The van der Waals surface area contributed by atoms with E-state index in [0.717, 1.165) is 68.2 Å². The summed E-state index contributed by atoms with van der Waals surface area (Å²) in [7, 11) is 0. The molecule has 4 heterocycles. The molecule has 0 saturated heterocycles. The fourth-order valence-corrected chi connectivity index (χ4v) is 10.8. The van der Waals surface area contributed by atoms with E-state index < -0.39 is 0 Å². The van der Waals surface area contributed by atoms with Crippen molar-refractivity contribution in [3.05, 3.63) is 169 Å². The van der Waals surface area contributed by atoms with Gasteiger partial charge in [-0.05, 0) is 99.5 Å². The van der Waals surface area contributed by atoms with Crippen LogP contribution in [0.2, 0.25) is 0 Å². The molecule has 0 aliphatic heterocycles. The minimum atomic E-state index is 0.0676. The zero-order valence-corrected chi connectivity index (χ0v) is 34.6. The van der Waals surface area contributed by atoms with Gasteiger partial charge < -0.3 is 8.98 Å². The molecule has 0 amide bonds. The lowest BCUT2D eigenvalue weighted by atomic mass is 9.63. The van der Waals surface area contributed by atoms with Gasteiger partial charge in [-0.1, -0.05) is 137 Å². The van der Waals surface area contributed by atoms with Crippen molar-refractivity contribution >= 4 is 87.2 Å². The molecule has 0 atom stereocenters. The van der Waals surface area contributed by atoms with Crippen molar-refractivity contribution < 1.29 is 4.42 Å². The molecule has 0 N–H and O–H groups in total. The predicted molar refractivity (Wildman–Crippen MR) is 254 cm³/mol. The third kappa shape index (κ3) is 4.77. The first-order chi connectivity index (χ1) is 29.7. The van der Waals surface area contributed by atoms with Gasteiger partial charge in [-0.25, -0.2) is 9.97 Å². The quantitative estimate of drug-likeness (QED) is 0.168. The van der Waals surface area contributed by atoms with Crippen LogP contribution in [-0.2, 0) is 10.8 Å². The zero-order chi connectivity index (χ0) is 40.8. The summed E-state index contributed by atoms with van der Waals surface area (Å²) in [6.07, 6.45) is 2.32. The molecule has 0 spiro atoms. The number of para-hydroxylation sites is 2. The Morgan fingerprint density at radius 1 is 0.475 bits per heavy atom. The lowest BCUT2D eigenvalue weighted by molar-refractivity contribution is 0.332. The highest BCUT2D eigenvalue weighted by Gasteiger charge is 2.38. The van der Waals surface area contributed by atoms with E-state index in [1.165, 1.54) is 54.3 Å². The number of furan rings is 1. The van der Waals surface area contributed by atoms with Gasteiger partial charge in [-0.3, -0.25) is 4.57 Å². The molecule has 1 aliphatic carbocycles. The normalized spacial score (nSPS) is 15.0. The predicted octanol–water partition coefficient (Wildman–Crippen LogP) is 14.9. The third-order valence-electron chi connectivity index (χ3n) is 14.0. The molecule has 0 bridgehead atoms. The van der Waals surface area contributed by atoms with E-state index in [4.69, 9.17) is 14.4 Å². The summed E-state index contributed by atoms with van der Waals surface area (Å²) in [4.78, 5) is 11.1. The van der Waals surface area contributed by atoms with Crippen LogP contribution in [0.3, 0.4) is 0 Å². The highest BCUT2D eigenvalue weighted by molar-refractivity contribution is 6.33. The number of hydrogen-bond donors (Lipinski definition) is 0. The molecule has 1 aliphatic rings. The first-order valence-corrected chi connectivity index (χ1v) is 21.5. The molecule has 13 rings (SSSR count). The summed E-state index contributed by atoms with van der Waals surface area (Å²) >= 11 is 0. The minimum absolute atomic E-state index is 0.0676. The third-order valence-corrected chi connectivity index (χ3v) is 14.0. The molecule has 0 fully saturated rings. The topological polar surface area (TPSA) is 48.8 Å². The van der Waals surface area contributed by atoms with Crippen LogP contribution in [0, 0.1) is 0 Å². The van der Waals surface area contributed by atoms with Gasteiger partial charge in [0.15, 0.2) is 5.58 Å². The number of fused-ring (bicyclic) bond motifs is 15. The van der Waals surface area contributed by atoms with Gasteiger partial charge in [0.05, 0.1) is 22.1 Å². The maximum Gasteiger partial charge on any atom is 0.236 e. The number of aromatic nitrogens is 4. The SMILES string of the molecule is CC1(C)CCC(C)(C)c2cc3c(cc21)c1cc2c4c5ccccc5c5ccccc5c4n(-c4nc(-c5ccccc5)c5oc6ccccc6c5n4)c2cc1n3-c1ccccc1. The summed E-state index contributed by atoms with van der Waals surface area (Å²) in [5.74, 6) is 0.610. The van der Waals surface area contributed by atoms with Crippen LogP contribution in [0.15, 0.2) is 162 Å². The average Bonchev–Trinajstić information content (AvgIpc) is 3.94. The van der Waals surface area contributed by atoms with Crippen molar-refractivity contribution in [3.8, 4) is 22.9 Å². The standard InChI is InChI=1S/C56H42N4O/c1-55(2)27-28-56(3,4)44-31-45-41(30-43(44)55)40-29-42-47(32-46(40)59(45)34-19-9-6-10-20-34)60(52-38-24-14-12-22-36(38)35-21-11-13-23-37(35)49(42)52)54-57-50(33-17-7-5-8-18-33)53-51(58-54)39-25-15-16-26-48(39)61-53/h5-26,29-32H,27-28H2,1-4H3. The van der Waals surface area contributed by atoms with Crippen LogP contribution in [-0.4, -0.2) is 19.1 Å². The molecule has 12 aromatic rings. The Bertz CT molecular complexity index is 3810. The summed E-state index contributed by atoms with van der Waals surface area (Å²) in [6.45, 7) is 9.70. The van der Waals surface area contributed by atoms with Crippen LogP contribution in [0.5, 0.6) is 0 Å².